The van der Waals surface area contributed by atoms with Crippen LogP contribution in [0.3, 0.4) is 0 Å². The highest BCUT2D eigenvalue weighted by Crippen LogP contribution is 2.16. The Morgan fingerprint density at radius 3 is 2.53 bits per heavy atom. The number of aliphatic carboxylic acids is 1. The molecule has 1 aromatic heterocycles. The zero-order chi connectivity index (χ0) is 13.9. The first-order valence-corrected chi connectivity index (χ1v) is 6.77. The monoisotopic (exact) mass is 281 g/mol. The van der Waals surface area contributed by atoms with E-state index in [0.29, 0.717) is 5.56 Å². The molecule has 3 N–H and O–H groups in total. The van der Waals surface area contributed by atoms with E-state index in [1.54, 1.807) is 18.2 Å². The maximum absolute atomic E-state index is 11.9. The van der Waals surface area contributed by atoms with Crippen molar-refractivity contribution in [3.63, 3.8) is 0 Å². The molecule has 0 fully saturated rings. The van der Waals surface area contributed by atoms with E-state index in [1.807, 2.05) is 0 Å². The van der Waals surface area contributed by atoms with Gasteiger partial charge in [-0.1, -0.05) is 30.3 Å². The van der Waals surface area contributed by atoms with Crippen LogP contribution in [0.15, 0.2) is 47.9 Å². The molecule has 2 rings (SSSR count). The topological polar surface area (TPSA) is 112 Å². The van der Waals surface area contributed by atoms with Crippen LogP contribution in [0, 0.1) is 0 Å². The minimum absolute atomic E-state index is 0.185. The number of aromatic nitrogens is 2. The third kappa shape index (κ3) is 2.98. The average Bonchev–Trinajstić information content (AvgIpc) is 2.91. The first-order valence-electron chi connectivity index (χ1n) is 5.29. The third-order valence-corrected chi connectivity index (χ3v) is 3.76. The predicted molar refractivity (Wildman–Crippen MR) is 65.7 cm³/mol. The minimum atomic E-state index is -3.96. The molecule has 0 aliphatic heterocycles. The normalized spacial score (nSPS) is 13.1. The van der Waals surface area contributed by atoms with Crippen LogP contribution >= 0.6 is 0 Å². The molecule has 2 aromatic rings. The van der Waals surface area contributed by atoms with Gasteiger partial charge in [-0.15, -0.1) is 0 Å². The van der Waals surface area contributed by atoms with Crippen LogP contribution in [0.2, 0.25) is 0 Å². The molecule has 0 unspecified atom stereocenters. The van der Waals surface area contributed by atoms with Crippen LogP contribution < -0.4 is 4.72 Å². The zero-order valence-electron chi connectivity index (χ0n) is 9.65. The molecule has 0 aliphatic rings. The lowest BCUT2D eigenvalue weighted by molar-refractivity contribution is -0.139. The van der Waals surface area contributed by atoms with Gasteiger partial charge in [0, 0.05) is 0 Å². The highest BCUT2D eigenvalue weighted by atomic mass is 32.2. The van der Waals surface area contributed by atoms with E-state index < -0.39 is 22.0 Å². The molecule has 0 aliphatic carbocycles. The van der Waals surface area contributed by atoms with Gasteiger partial charge < -0.3 is 10.1 Å². The second kappa shape index (κ2) is 5.21. The quantitative estimate of drug-likeness (QED) is 0.739. The zero-order valence-corrected chi connectivity index (χ0v) is 10.5. The molecule has 0 amide bonds. The Morgan fingerprint density at radius 1 is 1.32 bits per heavy atom. The number of H-pyrrole nitrogens is 1. The maximum Gasteiger partial charge on any atom is 0.326 e. The molecular weight excluding hydrogens is 270 g/mol. The molecule has 0 saturated heterocycles. The summed E-state index contributed by atoms with van der Waals surface area (Å²) in [7, 11) is -3.96. The van der Waals surface area contributed by atoms with Gasteiger partial charge in [0.05, 0.1) is 12.5 Å². The van der Waals surface area contributed by atoms with Gasteiger partial charge in [0.15, 0.2) is 5.03 Å². The third-order valence-electron chi connectivity index (χ3n) is 2.42. The molecule has 0 bridgehead atoms. The summed E-state index contributed by atoms with van der Waals surface area (Å²) in [5.74, 6) is -1.28. The Balaban J connectivity index is 2.31. The highest BCUT2D eigenvalue weighted by molar-refractivity contribution is 7.89. The molecule has 1 aromatic carbocycles. The van der Waals surface area contributed by atoms with Crippen molar-refractivity contribution in [1.29, 1.82) is 0 Å². The molecule has 0 radical (unpaired) electrons. The number of nitrogens with zero attached hydrogens (tertiary/aromatic N) is 1. The van der Waals surface area contributed by atoms with Crippen molar-refractivity contribution >= 4 is 16.0 Å². The number of hydrogen-bond donors (Lipinski definition) is 3. The Labute approximate surface area is 109 Å². The number of carbonyl (C=O) groups is 1. The number of nitrogens with one attached hydrogen (secondary N) is 2. The predicted octanol–water partition coefficient (Wildman–Crippen LogP) is 0.514. The molecule has 7 nitrogen and oxygen atoms in total. The van der Waals surface area contributed by atoms with Crippen LogP contribution in [0.5, 0.6) is 0 Å². The number of carboxylic acids is 1. The Hall–Kier alpha value is -2.19. The Bertz CT molecular complexity index is 653. The van der Waals surface area contributed by atoms with Crippen LogP contribution in [0.25, 0.3) is 0 Å². The largest absolute Gasteiger partial charge is 0.480 e. The van der Waals surface area contributed by atoms with Gasteiger partial charge in [0.1, 0.15) is 6.04 Å². The van der Waals surface area contributed by atoms with Crippen molar-refractivity contribution in [1.82, 2.24) is 14.7 Å². The first kappa shape index (κ1) is 13.2. The fourth-order valence-corrected chi connectivity index (χ4v) is 2.60. The fraction of sp³-hybridized carbons (Fsp3) is 0.0909. The lowest BCUT2D eigenvalue weighted by Gasteiger charge is -2.14. The van der Waals surface area contributed by atoms with Crippen molar-refractivity contribution < 1.29 is 18.3 Å². The summed E-state index contributed by atoms with van der Waals surface area (Å²) in [6.45, 7) is 0. The Kier molecular flexibility index (Phi) is 3.63. The number of benzene rings is 1. The molecular formula is C11H11N3O4S. The van der Waals surface area contributed by atoms with Gasteiger partial charge in [-0.2, -0.15) is 4.72 Å². The second-order valence-electron chi connectivity index (χ2n) is 3.72. The summed E-state index contributed by atoms with van der Waals surface area (Å²) in [6, 6.07) is 6.70. The van der Waals surface area contributed by atoms with Crippen molar-refractivity contribution in [2.24, 2.45) is 0 Å². The van der Waals surface area contributed by atoms with Crippen LogP contribution in [-0.4, -0.2) is 29.5 Å². The summed E-state index contributed by atoms with van der Waals surface area (Å²) < 4.78 is 26.0. The fourth-order valence-electron chi connectivity index (χ4n) is 1.52. The van der Waals surface area contributed by atoms with E-state index in [2.05, 4.69) is 14.7 Å². The summed E-state index contributed by atoms with van der Waals surface area (Å²) in [5.41, 5.74) is 0.345. The average molecular weight is 281 g/mol. The standard InChI is InChI=1S/C11H11N3O4S/c15-11(16)10(8-4-2-1-3-5-8)14-19(17,18)9-6-12-7-13-9/h1-7,10,14H,(H,12,13)(H,15,16)/t10-/m0/s1. The van der Waals surface area contributed by atoms with Gasteiger partial charge in [0.2, 0.25) is 0 Å². The van der Waals surface area contributed by atoms with Crippen molar-refractivity contribution in [3.05, 3.63) is 48.4 Å². The van der Waals surface area contributed by atoms with Gasteiger partial charge in [-0.3, -0.25) is 4.79 Å². The Morgan fingerprint density at radius 2 is 2.00 bits per heavy atom. The molecule has 100 valence electrons. The van der Waals surface area contributed by atoms with Crippen molar-refractivity contribution in [3.8, 4) is 0 Å². The smallest absolute Gasteiger partial charge is 0.326 e. The number of sulfonamides is 1. The number of hydrogen-bond acceptors (Lipinski definition) is 4. The molecule has 0 saturated carbocycles. The van der Waals surface area contributed by atoms with E-state index in [9.17, 15) is 13.2 Å². The molecule has 8 heteroatoms. The van der Waals surface area contributed by atoms with Crippen molar-refractivity contribution in [2.45, 2.75) is 11.1 Å². The summed E-state index contributed by atoms with van der Waals surface area (Å²) in [6.07, 6.45) is 2.30. The van der Waals surface area contributed by atoms with Crippen LogP contribution in [-0.2, 0) is 14.8 Å². The van der Waals surface area contributed by atoms with Gasteiger partial charge >= 0.3 is 5.97 Å². The van der Waals surface area contributed by atoms with E-state index >= 15 is 0 Å². The number of aromatic amines is 1. The molecule has 0 spiro atoms. The van der Waals surface area contributed by atoms with Gasteiger partial charge in [0.25, 0.3) is 10.0 Å². The lowest BCUT2D eigenvalue weighted by atomic mass is 10.1. The SMILES string of the molecule is O=C(O)[C@@H](NS(=O)(=O)c1cnc[nH]1)c1ccccc1. The first-order chi connectivity index (χ1) is 9.00. The van der Waals surface area contributed by atoms with E-state index in [0.717, 1.165) is 6.20 Å². The highest BCUT2D eigenvalue weighted by Gasteiger charge is 2.27. The lowest BCUT2D eigenvalue weighted by Crippen LogP contribution is -2.33. The summed E-state index contributed by atoms with van der Waals surface area (Å²) >= 11 is 0. The van der Waals surface area contributed by atoms with Crippen LogP contribution in [0.1, 0.15) is 11.6 Å². The van der Waals surface area contributed by atoms with E-state index in [-0.39, 0.29) is 5.03 Å². The van der Waals surface area contributed by atoms with Gasteiger partial charge in [-0.25, -0.2) is 13.4 Å². The summed E-state index contributed by atoms with van der Waals surface area (Å²) in [4.78, 5) is 17.2. The second-order valence-corrected chi connectivity index (χ2v) is 5.40. The molecule has 1 heterocycles. The number of rotatable bonds is 5. The molecule has 19 heavy (non-hydrogen) atoms. The van der Waals surface area contributed by atoms with E-state index in [4.69, 9.17) is 5.11 Å². The minimum Gasteiger partial charge on any atom is -0.480 e. The number of imidazole rings is 1. The van der Waals surface area contributed by atoms with E-state index in [1.165, 1.54) is 18.5 Å². The summed E-state index contributed by atoms with van der Waals surface area (Å²) in [5, 5.41) is 8.95. The molecule has 1 atom stereocenters. The van der Waals surface area contributed by atoms with Crippen molar-refractivity contribution in [2.75, 3.05) is 0 Å². The van der Waals surface area contributed by atoms with Gasteiger partial charge in [-0.05, 0) is 5.56 Å². The number of carboxylic acid groups (broad SMARTS) is 1. The maximum atomic E-state index is 11.9. The van der Waals surface area contributed by atoms with Crippen LogP contribution in [0.4, 0.5) is 0 Å².